The lowest BCUT2D eigenvalue weighted by molar-refractivity contribution is -0.135. The number of esters is 2. The number of amides is 1. The predicted molar refractivity (Wildman–Crippen MR) is 326 cm³/mol. The van der Waals surface area contributed by atoms with E-state index >= 15 is 0 Å². The van der Waals surface area contributed by atoms with Gasteiger partial charge in [-0.05, 0) is 153 Å². The number of aryl methyl sites for hydroxylation is 2. The van der Waals surface area contributed by atoms with Gasteiger partial charge in [0.1, 0.15) is 0 Å². The Bertz CT molecular complexity index is 3520. The molecule has 0 aliphatic carbocycles. The molecule has 416 valence electrons. The van der Waals surface area contributed by atoms with Crippen LogP contribution in [0.5, 0.6) is 0 Å². The van der Waals surface area contributed by atoms with Crippen LogP contribution in [0.4, 0.5) is 0 Å². The number of ether oxygens (including phenoxy) is 2. The Kier molecular flexibility index (Phi) is 18.4. The Balaban J connectivity index is 0.000000147. The van der Waals surface area contributed by atoms with Crippen LogP contribution >= 0.6 is 0 Å². The van der Waals surface area contributed by atoms with Crippen LogP contribution in [0.2, 0.25) is 0 Å². The number of H-pyrrole nitrogens is 3. The van der Waals surface area contributed by atoms with Crippen molar-refractivity contribution < 1.29 is 29.1 Å². The number of aromatic nitrogens is 3. The monoisotopic (exact) mass is 1080 g/mol. The summed E-state index contributed by atoms with van der Waals surface area (Å²) in [6.45, 7) is 13.0. The lowest BCUT2D eigenvalue weighted by Crippen LogP contribution is -2.46. The van der Waals surface area contributed by atoms with Crippen LogP contribution in [-0.2, 0) is 73.7 Å². The highest BCUT2D eigenvalue weighted by atomic mass is 16.5. The Hall–Kier alpha value is -8.55. The molecule has 0 unspecified atom stereocenters. The molecule has 5 heterocycles. The number of carbonyl (C=O) groups is 3. The fourth-order valence-corrected chi connectivity index (χ4v) is 11.2. The summed E-state index contributed by atoms with van der Waals surface area (Å²) in [6.07, 6.45) is 18.2. The van der Waals surface area contributed by atoms with E-state index in [1.165, 1.54) is 116 Å². The van der Waals surface area contributed by atoms with Gasteiger partial charge in [0.05, 0.1) is 25.3 Å². The van der Waals surface area contributed by atoms with E-state index in [2.05, 4.69) is 177 Å². The average Bonchev–Trinajstić information content (AvgIpc) is 3.93. The standard InChI is InChI=1S/C24H26N2O2.C23H25N3O2.C22H23NO2/c1-24(2)23-20(19-6-4-5-7-21(19)25-23)14-15-26(24)16-18-10-8-17(9-11-18)12-13-22(27)28-3;1-23(2)22-19(18-5-3-4-6-20(18)24-22)13-14-26(23)15-17-9-7-16(8-10-17)11-12-21(27)25-28;1-25-22(24)15-14-18-12-10-17(11-13-18)6-2-3-7-19-16-23-21-9-5-4-8-20(19)21/h4-13,25H,14-16H2,1-3H3;3-12,24,28H,13-15H2,1-2H3,(H,25,27);4-5,8-16,23H,2-3,6-7H2,1H3/b13-12+;12-11+;15-14+. The SMILES string of the molecule is CC1(C)c2[nH]c3ccccc3c2CCN1Cc1ccc(/C=C/C(=O)NO)cc1.COC(=O)/C=C/c1ccc(CCCCc2c[nH]c3ccccc23)cc1.COC(=O)/C=C/c1ccc(CN2CCc3c([nH]c4ccccc34)C2(C)C)cc1. The number of aromatic amines is 3. The van der Waals surface area contributed by atoms with Crippen LogP contribution in [0.1, 0.15) is 102 Å². The van der Waals surface area contributed by atoms with Crippen molar-refractivity contribution in [1.29, 1.82) is 0 Å². The minimum absolute atomic E-state index is 0.0595. The third-order valence-corrected chi connectivity index (χ3v) is 16.0. The molecule has 0 spiro atoms. The minimum Gasteiger partial charge on any atom is -0.466 e. The van der Waals surface area contributed by atoms with Crippen molar-refractivity contribution in [3.8, 4) is 0 Å². The molecular weight excluding hydrogens is 1010 g/mol. The van der Waals surface area contributed by atoms with Crippen LogP contribution < -0.4 is 5.48 Å². The van der Waals surface area contributed by atoms with Gasteiger partial charge in [-0.2, -0.15) is 0 Å². The molecule has 6 aromatic carbocycles. The molecule has 3 aromatic heterocycles. The minimum atomic E-state index is -0.534. The van der Waals surface area contributed by atoms with Gasteiger partial charge in [-0.15, -0.1) is 0 Å². The molecule has 0 radical (unpaired) electrons. The molecule has 1 amide bonds. The van der Waals surface area contributed by atoms with E-state index in [4.69, 9.17) is 5.21 Å². The summed E-state index contributed by atoms with van der Waals surface area (Å²) < 4.78 is 9.22. The predicted octanol–water partition coefficient (Wildman–Crippen LogP) is 13.5. The molecule has 2 aliphatic rings. The molecule has 9 aromatic rings. The van der Waals surface area contributed by atoms with Crippen molar-refractivity contribution in [3.05, 3.63) is 231 Å². The van der Waals surface area contributed by atoms with Gasteiger partial charge in [0, 0.05) is 94.7 Å². The number of nitrogens with zero attached hydrogens (tertiary/aromatic N) is 2. The number of fused-ring (bicyclic) bond motifs is 7. The van der Waals surface area contributed by atoms with Gasteiger partial charge in [-0.3, -0.25) is 19.8 Å². The fourth-order valence-electron chi connectivity index (χ4n) is 11.2. The second-order valence-electron chi connectivity index (χ2n) is 21.8. The molecule has 0 saturated heterocycles. The highest BCUT2D eigenvalue weighted by molar-refractivity contribution is 5.91. The maximum Gasteiger partial charge on any atom is 0.330 e. The number of unbranched alkanes of at least 4 members (excludes halogenated alkanes) is 1. The first-order valence-corrected chi connectivity index (χ1v) is 27.9. The molecule has 11 rings (SSSR count). The number of carbonyl (C=O) groups excluding carboxylic acids is 3. The summed E-state index contributed by atoms with van der Waals surface area (Å²) in [5.74, 6) is -1.21. The zero-order valence-electron chi connectivity index (χ0n) is 47.4. The van der Waals surface area contributed by atoms with Crippen LogP contribution in [0, 0.1) is 0 Å². The smallest absolute Gasteiger partial charge is 0.330 e. The number of hydroxylamine groups is 1. The van der Waals surface area contributed by atoms with Crippen LogP contribution in [-0.4, -0.2) is 75.1 Å². The molecule has 2 aliphatic heterocycles. The van der Waals surface area contributed by atoms with E-state index in [-0.39, 0.29) is 23.0 Å². The molecule has 0 saturated carbocycles. The average molecular weight is 1080 g/mol. The van der Waals surface area contributed by atoms with Crippen LogP contribution in [0.25, 0.3) is 50.9 Å². The number of hydrogen-bond donors (Lipinski definition) is 5. The number of rotatable bonds is 15. The zero-order valence-corrected chi connectivity index (χ0v) is 47.4. The van der Waals surface area contributed by atoms with Crippen molar-refractivity contribution in [3.63, 3.8) is 0 Å². The van der Waals surface area contributed by atoms with E-state index in [0.717, 1.165) is 75.0 Å². The van der Waals surface area contributed by atoms with Gasteiger partial charge in [0.2, 0.25) is 0 Å². The van der Waals surface area contributed by atoms with Crippen molar-refractivity contribution in [2.45, 2.75) is 90.4 Å². The molecule has 0 bridgehead atoms. The lowest BCUT2D eigenvalue weighted by atomic mass is 9.87. The summed E-state index contributed by atoms with van der Waals surface area (Å²) in [5.41, 5.74) is 18.8. The lowest BCUT2D eigenvalue weighted by Gasteiger charge is -2.42. The van der Waals surface area contributed by atoms with E-state index in [9.17, 15) is 14.4 Å². The van der Waals surface area contributed by atoms with Gasteiger partial charge >= 0.3 is 11.9 Å². The number of benzene rings is 6. The third kappa shape index (κ3) is 13.9. The maximum absolute atomic E-state index is 11.2. The summed E-state index contributed by atoms with van der Waals surface area (Å²) in [5, 5.41) is 12.6. The van der Waals surface area contributed by atoms with E-state index < -0.39 is 5.91 Å². The molecule has 5 N–H and O–H groups in total. The number of methoxy groups -OCH3 is 2. The van der Waals surface area contributed by atoms with E-state index in [1.54, 1.807) is 23.7 Å². The molecule has 81 heavy (non-hydrogen) atoms. The summed E-state index contributed by atoms with van der Waals surface area (Å²) in [4.78, 5) is 49.1. The van der Waals surface area contributed by atoms with Crippen molar-refractivity contribution in [2.24, 2.45) is 0 Å². The van der Waals surface area contributed by atoms with Gasteiger partial charge in [-0.25, -0.2) is 15.1 Å². The Morgan fingerprint density at radius 2 is 0.938 bits per heavy atom. The summed E-state index contributed by atoms with van der Waals surface area (Å²) in [7, 11) is 2.76. The van der Waals surface area contributed by atoms with Gasteiger partial charge in [0.25, 0.3) is 5.91 Å². The van der Waals surface area contributed by atoms with Gasteiger partial charge in [-0.1, -0.05) is 127 Å². The third-order valence-electron chi connectivity index (χ3n) is 16.0. The van der Waals surface area contributed by atoms with Gasteiger partial charge < -0.3 is 24.4 Å². The maximum atomic E-state index is 11.2. The highest BCUT2D eigenvalue weighted by Crippen LogP contribution is 2.41. The first-order valence-electron chi connectivity index (χ1n) is 27.9. The quantitative estimate of drug-likeness (QED) is 0.0223. The Morgan fingerprint density at radius 1 is 0.531 bits per heavy atom. The largest absolute Gasteiger partial charge is 0.466 e. The molecule has 0 fully saturated rings. The van der Waals surface area contributed by atoms with Crippen molar-refractivity contribution >= 4 is 68.8 Å². The first kappa shape index (κ1) is 57.1. The molecule has 12 heteroatoms. The van der Waals surface area contributed by atoms with E-state index in [1.807, 2.05) is 36.4 Å². The molecular formula is C69H74N6O6. The Morgan fingerprint density at radius 3 is 1.40 bits per heavy atom. The van der Waals surface area contributed by atoms with Gasteiger partial charge in [0.15, 0.2) is 0 Å². The van der Waals surface area contributed by atoms with Crippen LogP contribution in [0.3, 0.4) is 0 Å². The highest BCUT2D eigenvalue weighted by Gasteiger charge is 2.38. The molecule has 0 atom stereocenters. The summed E-state index contributed by atoms with van der Waals surface area (Å²) >= 11 is 0. The van der Waals surface area contributed by atoms with Crippen molar-refractivity contribution in [1.82, 2.24) is 30.2 Å². The second kappa shape index (κ2) is 26.2. The number of nitrogens with one attached hydrogen (secondary N) is 4. The fraction of sp³-hybridized carbons (Fsp3) is 0.261. The number of hydrogen-bond acceptors (Lipinski definition) is 8. The normalized spacial score (nSPS) is 14.8. The van der Waals surface area contributed by atoms with E-state index in [0.29, 0.717) is 0 Å². The number of para-hydroxylation sites is 3. The Labute approximate surface area is 475 Å². The van der Waals surface area contributed by atoms with Crippen LogP contribution in [0.15, 0.2) is 170 Å². The first-order chi connectivity index (χ1) is 39.2. The topological polar surface area (TPSA) is 156 Å². The summed E-state index contributed by atoms with van der Waals surface area (Å²) in [6, 6.07) is 50.4. The molecule has 12 nitrogen and oxygen atoms in total. The zero-order chi connectivity index (χ0) is 56.9. The second-order valence-corrected chi connectivity index (χ2v) is 21.8. The van der Waals surface area contributed by atoms with Crippen molar-refractivity contribution in [2.75, 3.05) is 27.3 Å².